The van der Waals surface area contributed by atoms with Crippen molar-refractivity contribution in [3.8, 4) is 5.75 Å². The molecule has 128 valence electrons. The first kappa shape index (κ1) is 17.2. The van der Waals surface area contributed by atoms with Gasteiger partial charge in [-0.2, -0.15) is 0 Å². The second-order valence-electron chi connectivity index (χ2n) is 5.11. The van der Waals surface area contributed by atoms with Crippen LogP contribution in [0.3, 0.4) is 0 Å². The van der Waals surface area contributed by atoms with Crippen LogP contribution in [0, 0.1) is 0 Å². The molecule has 0 radical (unpaired) electrons. The number of methoxy groups -OCH3 is 1. The Morgan fingerprint density at radius 3 is 2.32 bits per heavy atom. The number of carbonyl (C=O) groups excluding carboxylic acids is 2. The van der Waals surface area contributed by atoms with Crippen molar-refractivity contribution in [2.24, 2.45) is 0 Å². The molecule has 0 aliphatic heterocycles. The minimum absolute atomic E-state index is 0.0119. The number of benzene rings is 2. The van der Waals surface area contributed by atoms with E-state index in [0.717, 1.165) is 3.97 Å². The van der Waals surface area contributed by atoms with Crippen molar-refractivity contribution in [1.29, 1.82) is 0 Å². The van der Waals surface area contributed by atoms with Crippen molar-refractivity contribution in [2.45, 2.75) is 4.90 Å². The number of nitrogens with zero attached hydrogens (tertiary/aromatic N) is 1. The summed E-state index contributed by atoms with van der Waals surface area (Å²) in [6.45, 7) is 0. The van der Waals surface area contributed by atoms with Gasteiger partial charge in [-0.1, -0.05) is 18.2 Å². The molecule has 0 amide bonds. The summed E-state index contributed by atoms with van der Waals surface area (Å²) in [5.41, 5.74) is 0.174. The van der Waals surface area contributed by atoms with Gasteiger partial charge >= 0.3 is 0 Å². The summed E-state index contributed by atoms with van der Waals surface area (Å²) in [5.74, 6) is -0.665. The van der Waals surface area contributed by atoms with Crippen LogP contribution in [0.15, 0.2) is 59.6 Å². The number of hydrogen-bond donors (Lipinski definition) is 0. The van der Waals surface area contributed by atoms with Gasteiger partial charge < -0.3 is 4.74 Å². The molecule has 0 fully saturated rings. The summed E-state index contributed by atoms with van der Waals surface area (Å²) in [6.07, 6.45) is 1.31. The van der Waals surface area contributed by atoms with Crippen molar-refractivity contribution in [1.82, 2.24) is 3.97 Å². The predicted octanol–water partition coefficient (Wildman–Crippen LogP) is 2.84. The zero-order valence-corrected chi connectivity index (χ0v) is 14.5. The van der Waals surface area contributed by atoms with Gasteiger partial charge in [0.15, 0.2) is 0 Å². The van der Waals surface area contributed by atoms with Crippen LogP contribution in [-0.2, 0) is 14.8 Å². The minimum Gasteiger partial charge on any atom is -0.495 e. The van der Waals surface area contributed by atoms with E-state index in [2.05, 4.69) is 0 Å². The quantitative estimate of drug-likeness (QED) is 0.388. The van der Waals surface area contributed by atoms with Gasteiger partial charge in [-0.25, -0.2) is 12.4 Å². The standard InChI is InChI=1S/C17H12ClNO5S/c1-24-14-8-7-13(16(20)17(18)21)12-9-10-19(15(12)14)25(22,23)11-5-3-2-4-6-11/h2-10H,1H3. The molecule has 0 unspecified atom stereocenters. The van der Waals surface area contributed by atoms with E-state index in [0.29, 0.717) is 0 Å². The molecule has 8 heteroatoms. The molecule has 0 aliphatic rings. The maximum absolute atomic E-state index is 12.9. The smallest absolute Gasteiger partial charge is 0.293 e. The molecule has 1 heterocycles. The molecule has 3 rings (SSSR count). The number of ether oxygens (including phenoxy) is 1. The van der Waals surface area contributed by atoms with E-state index in [9.17, 15) is 18.0 Å². The topological polar surface area (TPSA) is 82.4 Å². The zero-order chi connectivity index (χ0) is 18.2. The fourth-order valence-electron chi connectivity index (χ4n) is 2.58. The molecule has 6 nitrogen and oxygen atoms in total. The monoisotopic (exact) mass is 377 g/mol. The fourth-order valence-corrected chi connectivity index (χ4v) is 4.06. The van der Waals surface area contributed by atoms with Crippen molar-refractivity contribution in [3.63, 3.8) is 0 Å². The third-order valence-electron chi connectivity index (χ3n) is 3.72. The third kappa shape index (κ3) is 2.81. The normalized spacial score (nSPS) is 11.4. The van der Waals surface area contributed by atoms with E-state index in [4.69, 9.17) is 16.3 Å². The number of halogens is 1. The predicted molar refractivity (Wildman–Crippen MR) is 92.7 cm³/mol. The van der Waals surface area contributed by atoms with Crippen molar-refractivity contribution < 1.29 is 22.7 Å². The van der Waals surface area contributed by atoms with Crippen LogP contribution in [0.25, 0.3) is 10.9 Å². The average Bonchev–Trinajstić information content (AvgIpc) is 3.07. The Hall–Kier alpha value is -2.64. The minimum atomic E-state index is -3.91. The second kappa shape index (κ2) is 6.34. The summed E-state index contributed by atoms with van der Waals surface area (Å²) in [6, 6.07) is 12.1. The molecule has 0 saturated carbocycles. The van der Waals surface area contributed by atoms with Crippen molar-refractivity contribution >= 4 is 43.6 Å². The first-order valence-electron chi connectivity index (χ1n) is 7.10. The summed E-state index contributed by atoms with van der Waals surface area (Å²) in [4.78, 5) is 23.3. The van der Waals surface area contributed by atoms with Crippen LogP contribution >= 0.6 is 11.6 Å². The first-order valence-corrected chi connectivity index (χ1v) is 8.92. The van der Waals surface area contributed by atoms with Gasteiger partial charge in [0.25, 0.3) is 15.3 Å². The van der Waals surface area contributed by atoms with E-state index in [1.807, 2.05) is 0 Å². The Kier molecular flexibility index (Phi) is 4.36. The zero-order valence-electron chi connectivity index (χ0n) is 13.0. The third-order valence-corrected chi connectivity index (χ3v) is 5.58. The maximum Gasteiger partial charge on any atom is 0.293 e. The first-order chi connectivity index (χ1) is 11.9. The molecule has 25 heavy (non-hydrogen) atoms. The van der Waals surface area contributed by atoms with Crippen molar-refractivity contribution in [2.75, 3.05) is 7.11 Å². The molecule has 0 saturated heterocycles. The lowest BCUT2D eigenvalue weighted by Crippen LogP contribution is -2.13. The van der Waals surface area contributed by atoms with Crippen LogP contribution in [0.5, 0.6) is 5.75 Å². The lowest BCUT2D eigenvalue weighted by Gasteiger charge is -2.11. The van der Waals surface area contributed by atoms with E-state index in [1.54, 1.807) is 18.2 Å². The molecule has 0 spiro atoms. The van der Waals surface area contributed by atoms with Gasteiger partial charge in [-0.05, 0) is 41.9 Å². The molecular formula is C17H12ClNO5S. The lowest BCUT2D eigenvalue weighted by molar-refractivity contribution is -0.108. The second-order valence-corrected chi connectivity index (χ2v) is 7.27. The molecule has 0 N–H and O–H groups in total. The van der Waals surface area contributed by atoms with E-state index < -0.39 is 21.0 Å². The van der Waals surface area contributed by atoms with Crippen LogP contribution in [0.4, 0.5) is 0 Å². The van der Waals surface area contributed by atoms with Gasteiger partial charge in [0.05, 0.1) is 12.0 Å². The highest BCUT2D eigenvalue weighted by Crippen LogP contribution is 2.32. The molecule has 3 aromatic rings. The number of hydrogen-bond acceptors (Lipinski definition) is 5. The molecule has 1 aromatic heterocycles. The highest BCUT2D eigenvalue weighted by Gasteiger charge is 2.25. The number of Topliss-reactive ketones (excluding diaryl/α,β-unsaturated/α-hetero) is 1. The Morgan fingerprint density at radius 1 is 1.04 bits per heavy atom. The number of rotatable bonds is 5. The maximum atomic E-state index is 12.9. The Bertz CT molecular complexity index is 1090. The number of fused-ring (bicyclic) bond motifs is 1. The molecule has 0 bridgehead atoms. The van der Waals surface area contributed by atoms with Gasteiger partial charge in [-0.3, -0.25) is 9.59 Å². The average molecular weight is 378 g/mol. The highest BCUT2D eigenvalue weighted by molar-refractivity contribution is 7.90. The molecule has 0 aliphatic carbocycles. The van der Waals surface area contributed by atoms with Gasteiger partial charge in [-0.15, -0.1) is 0 Å². The number of carbonyl (C=O) groups is 2. The van der Waals surface area contributed by atoms with Crippen LogP contribution in [-0.4, -0.2) is 30.5 Å². The Balaban J connectivity index is 2.34. The number of ketones is 1. The summed E-state index contributed by atoms with van der Waals surface area (Å²) >= 11 is 5.28. The summed E-state index contributed by atoms with van der Waals surface area (Å²) in [7, 11) is -2.53. The SMILES string of the molecule is COc1ccc(C(=O)C(=O)Cl)c2ccn(S(=O)(=O)c3ccccc3)c12. The van der Waals surface area contributed by atoms with Crippen LogP contribution in [0.2, 0.25) is 0 Å². The largest absolute Gasteiger partial charge is 0.495 e. The highest BCUT2D eigenvalue weighted by atomic mass is 35.5. The van der Waals surface area contributed by atoms with E-state index in [-0.39, 0.29) is 27.1 Å². The Labute approximate surface area is 148 Å². The van der Waals surface area contributed by atoms with Crippen molar-refractivity contribution in [3.05, 3.63) is 60.3 Å². The molecule has 2 aromatic carbocycles. The van der Waals surface area contributed by atoms with Gasteiger partial charge in [0.1, 0.15) is 11.3 Å². The van der Waals surface area contributed by atoms with Gasteiger partial charge in [0, 0.05) is 17.1 Å². The fraction of sp³-hybridized carbons (Fsp3) is 0.0588. The number of aromatic nitrogens is 1. The summed E-state index contributed by atoms with van der Waals surface area (Å²) < 4.78 is 32.1. The molecular weight excluding hydrogens is 366 g/mol. The lowest BCUT2D eigenvalue weighted by atomic mass is 10.1. The van der Waals surface area contributed by atoms with E-state index >= 15 is 0 Å². The van der Waals surface area contributed by atoms with E-state index in [1.165, 1.54) is 43.6 Å². The Morgan fingerprint density at radius 2 is 1.72 bits per heavy atom. The van der Waals surface area contributed by atoms with Crippen LogP contribution in [0.1, 0.15) is 10.4 Å². The molecule has 0 atom stereocenters. The summed E-state index contributed by atoms with van der Waals surface area (Å²) in [5, 5.41) is -0.886. The van der Waals surface area contributed by atoms with Gasteiger partial charge in [0.2, 0.25) is 5.78 Å². The van der Waals surface area contributed by atoms with Crippen LogP contribution < -0.4 is 4.74 Å².